The highest BCUT2D eigenvalue weighted by Crippen LogP contribution is 2.27. The molecule has 0 heterocycles. The third-order valence-corrected chi connectivity index (χ3v) is 2.02. The summed E-state index contributed by atoms with van der Waals surface area (Å²) < 4.78 is 48.7. The number of benzene rings is 1. The molecule has 0 fully saturated rings. The van der Waals surface area contributed by atoms with Crippen LogP contribution in [-0.2, 0) is 4.74 Å². The van der Waals surface area contributed by atoms with Gasteiger partial charge in [0.2, 0.25) is 5.82 Å². The second-order valence-corrected chi connectivity index (χ2v) is 3.15. The van der Waals surface area contributed by atoms with Crippen LogP contribution >= 0.6 is 0 Å². The normalized spacial score (nSPS) is 9.53. The third-order valence-electron chi connectivity index (χ3n) is 2.02. The third kappa shape index (κ3) is 3.39. The van der Waals surface area contributed by atoms with Gasteiger partial charge in [-0.25, -0.2) is 13.6 Å². The van der Waals surface area contributed by atoms with Crippen LogP contribution < -0.4 is 4.74 Å². The Morgan fingerprint density at radius 3 is 2.58 bits per heavy atom. The molecule has 0 bridgehead atoms. The van der Waals surface area contributed by atoms with Gasteiger partial charge in [-0.2, -0.15) is 4.39 Å². The molecule has 0 saturated carbocycles. The number of hydrogen-bond acceptors (Lipinski definition) is 4. The molecule has 0 saturated heterocycles. The van der Waals surface area contributed by atoms with Gasteiger partial charge in [-0.3, -0.25) is 0 Å². The average Bonchev–Trinajstić information content (AvgIpc) is 2.39. The lowest BCUT2D eigenvalue weighted by Gasteiger charge is -2.08. The maximum atomic E-state index is 13.6. The Kier molecular flexibility index (Phi) is 5.21. The standard InChI is InChI=1S/C12H9F3O4/c1-18-11-9(14)7(6-8(13)10(11)15)12(17)19-5-3-2-4-16/h6,16H,4-5H2,1H3. The maximum absolute atomic E-state index is 13.6. The van der Waals surface area contributed by atoms with Crippen LogP contribution in [0.3, 0.4) is 0 Å². The smallest absolute Gasteiger partial charge is 0.342 e. The van der Waals surface area contributed by atoms with Gasteiger partial charge < -0.3 is 14.6 Å². The number of methoxy groups -OCH3 is 1. The molecule has 0 unspecified atom stereocenters. The van der Waals surface area contributed by atoms with E-state index in [4.69, 9.17) is 5.11 Å². The second kappa shape index (κ2) is 6.66. The molecule has 4 nitrogen and oxygen atoms in total. The van der Waals surface area contributed by atoms with Crippen LogP contribution in [0.1, 0.15) is 10.4 Å². The van der Waals surface area contributed by atoms with E-state index in [2.05, 4.69) is 21.3 Å². The molecule has 1 aromatic carbocycles. The molecule has 7 heteroatoms. The molecule has 19 heavy (non-hydrogen) atoms. The Labute approximate surface area is 106 Å². The molecule has 0 amide bonds. The Hall–Kier alpha value is -2.20. The molecule has 102 valence electrons. The Morgan fingerprint density at radius 1 is 1.32 bits per heavy atom. The Balaban J connectivity index is 3.00. The molecule has 0 spiro atoms. The zero-order valence-corrected chi connectivity index (χ0v) is 9.80. The van der Waals surface area contributed by atoms with Crippen LogP contribution in [0.2, 0.25) is 0 Å². The van der Waals surface area contributed by atoms with Gasteiger partial charge in [0, 0.05) is 0 Å². The summed E-state index contributed by atoms with van der Waals surface area (Å²) in [6.45, 7) is -0.842. The fraction of sp³-hybridized carbons (Fsp3) is 0.250. The zero-order valence-electron chi connectivity index (χ0n) is 9.80. The highest BCUT2D eigenvalue weighted by atomic mass is 19.2. The van der Waals surface area contributed by atoms with Crippen molar-refractivity contribution < 1.29 is 32.5 Å². The highest BCUT2D eigenvalue weighted by Gasteiger charge is 2.24. The monoisotopic (exact) mass is 274 g/mol. The highest BCUT2D eigenvalue weighted by molar-refractivity contribution is 5.90. The topological polar surface area (TPSA) is 55.8 Å². The molecule has 0 aliphatic carbocycles. The van der Waals surface area contributed by atoms with Crippen molar-refractivity contribution in [2.45, 2.75) is 0 Å². The lowest BCUT2D eigenvalue weighted by molar-refractivity contribution is 0.0549. The molecular weight excluding hydrogens is 265 g/mol. The van der Waals surface area contributed by atoms with E-state index in [-0.39, 0.29) is 0 Å². The number of esters is 1. The van der Waals surface area contributed by atoms with Gasteiger partial charge in [0.05, 0.1) is 7.11 Å². The number of halogens is 3. The van der Waals surface area contributed by atoms with E-state index in [1.54, 1.807) is 0 Å². The molecule has 0 radical (unpaired) electrons. The molecular formula is C12H9F3O4. The Bertz CT molecular complexity index is 546. The van der Waals surface area contributed by atoms with Crippen molar-refractivity contribution in [2.24, 2.45) is 0 Å². The van der Waals surface area contributed by atoms with E-state index in [0.29, 0.717) is 6.07 Å². The fourth-order valence-corrected chi connectivity index (χ4v) is 1.19. The molecule has 0 atom stereocenters. The molecule has 1 rings (SSSR count). The van der Waals surface area contributed by atoms with Crippen LogP contribution in [0, 0.1) is 29.3 Å². The minimum absolute atomic E-state index is 0.370. The number of hydrogen-bond donors (Lipinski definition) is 1. The molecule has 1 aromatic rings. The average molecular weight is 274 g/mol. The Morgan fingerprint density at radius 2 is 2.00 bits per heavy atom. The quantitative estimate of drug-likeness (QED) is 0.512. The summed E-state index contributed by atoms with van der Waals surface area (Å²) in [5.41, 5.74) is -0.804. The van der Waals surface area contributed by atoms with Gasteiger partial charge in [-0.05, 0) is 6.07 Å². The molecule has 1 N–H and O–H groups in total. The van der Waals surface area contributed by atoms with Gasteiger partial charge in [0.15, 0.2) is 24.0 Å². The minimum Gasteiger partial charge on any atom is -0.491 e. The summed E-state index contributed by atoms with van der Waals surface area (Å²) >= 11 is 0. The van der Waals surface area contributed by atoms with Gasteiger partial charge in [-0.1, -0.05) is 11.8 Å². The van der Waals surface area contributed by atoms with E-state index < -0.39 is 47.9 Å². The predicted molar refractivity (Wildman–Crippen MR) is 58.0 cm³/mol. The van der Waals surface area contributed by atoms with E-state index in [1.165, 1.54) is 0 Å². The minimum atomic E-state index is -1.53. The van der Waals surface area contributed by atoms with Crippen molar-refractivity contribution in [3.63, 3.8) is 0 Å². The van der Waals surface area contributed by atoms with Crippen LogP contribution in [0.5, 0.6) is 5.75 Å². The van der Waals surface area contributed by atoms with Crippen molar-refractivity contribution in [1.82, 2.24) is 0 Å². The number of aliphatic hydroxyl groups excluding tert-OH is 1. The predicted octanol–water partition coefficient (Wildman–Crippen LogP) is 1.27. The lowest BCUT2D eigenvalue weighted by atomic mass is 10.2. The second-order valence-electron chi connectivity index (χ2n) is 3.15. The maximum Gasteiger partial charge on any atom is 0.342 e. The lowest BCUT2D eigenvalue weighted by Crippen LogP contribution is -2.11. The number of carbonyl (C=O) groups excluding carboxylic acids is 1. The van der Waals surface area contributed by atoms with Crippen LogP contribution in [0.25, 0.3) is 0 Å². The summed E-state index contributed by atoms with van der Waals surface area (Å²) in [4.78, 5) is 11.4. The first-order valence-corrected chi connectivity index (χ1v) is 4.98. The first kappa shape index (κ1) is 14.9. The summed E-state index contributed by atoms with van der Waals surface area (Å²) in [6, 6.07) is 0.370. The van der Waals surface area contributed by atoms with Crippen molar-refractivity contribution in [3.05, 3.63) is 29.1 Å². The first-order chi connectivity index (χ1) is 9.02. The number of carbonyl (C=O) groups is 1. The number of rotatable bonds is 3. The largest absolute Gasteiger partial charge is 0.491 e. The first-order valence-electron chi connectivity index (χ1n) is 4.98. The molecule has 0 aromatic heterocycles. The SMILES string of the molecule is COc1c(F)c(F)cc(C(=O)OCC#CCO)c1F. The van der Waals surface area contributed by atoms with E-state index in [0.717, 1.165) is 7.11 Å². The van der Waals surface area contributed by atoms with Crippen molar-refractivity contribution in [3.8, 4) is 17.6 Å². The van der Waals surface area contributed by atoms with Gasteiger partial charge in [0.1, 0.15) is 12.2 Å². The summed E-state index contributed by atoms with van der Waals surface area (Å²) in [5, 5.41) is 8.35. The number of aliphatic hydroxyl groups is 1. The summed E-state index contributed by atoms with van der Waals surface area (Å²) in [7, 11) is 0.933. The summed E-state index contributed by atoms with van der Waals surface area (Å²) in [6.07, 6.45) is 0. The van der Waals surface area contributed by atoms with Gasteiger partial charge >= 0.3 is 5.97 Å². The van der Waals surface area contributed by atoms with Crippen molar-refractivity contribution in [2.75, 3.05) is 20.3 Å². The van der Waals surface area contributed by atoms with E-state index >= 15 is 0 Å². The zero-order chi connectivity index (χ0) is 14.4. The van der Waals surface area contributed by atoms with Crippen LogP contribution in [0.15, 0.2) is 6.07 Å². The van der Waals surface area contributed by atoms with E-state index in [9.17, 15) is 18.0 Å². The van der Waals surface area contributed by atoms with Crippen LogP contribution in [-0.4, -0.2) is 31.4 Å². The van der Waals surface area contributed by atoms with Crippen molar-refractivity contribution >= 4 is 5.97 Å². The van der Waals surface area contributed by atoms with Gasteiger partial charge in [0.25, 0.3) is 0 Å². The molecule has 0 aliphatic rings. The fourth-order valence-electron chi connectivity index (χ4n) is 1.19. The van der Waals surface area contributed by atoms with Crippen molar-refractivity contribution in [1.29, 1.82) is 0 Å². The van der Waals surface area contributed by atoms with Gasteiger partial charge in [-0.15, -0.1) is 0 Å². The van der Waals surface area contributed by atoms with Crippen LogP contribution in [0.4, 0.5) is 13.2 Å². The number of ether oxygens (including phenoxy) is 2. The summed E-state index contributed by atoms with van der Waals surface area (Å²) in [5.74, 6) is -2.12. The molecule has 0 aliphatic heterocycles. The van der Waals surface area contributed by atoms with E-state index in [1.807, 2.05) is 0 Å².